The molecule has 0 saturated heterocycles. The second-order valence-electron chi connectivity index (χ2n) is 4.58. The van der Waals surface area contributed by atoms with Gasteiger partial charge in [0.15, 0.2) is 0 Å². The minimum Gasteiger partial charge on any atom is -0.456 e. The number of aromatic nitrogens is 1. The average Bonchev–Trinajstić information content (AvgIpc) is 2.46. The van der Waals surface area contributed by atoms with E-state index in [1.165, 1.54) is 18.2 Å². The van der Waals surface area contributed by atoms with Crippen molar-refractivity contribution < 1.29 is 22.6 Å². The summed E-state index contributed by atoms with van der Waals surface area (Å²) in [4.78, 5) is 3.99. The Balaban J connectivity index is 1.95. The fraction of sp³-hybridized carbons (Fsp3) is 0.0625. The summed E-state index contributed by atoms with van der Waals surface area (Å²) in [6.07, 6.45) is -3.20. The van der Waals surface area contributed by atoms with Gasteiger partial charge in [0.25, 0.3) is 0 Å². The molecule has 3 aromatic rings. The highest BCUT2D eigenvalue weighted by molar-refractivity contribution is 6.34. The van der Waals surface area contributed by atoms with Gasteiger partial charge in [-0.05, 0) is 29.7 Å². The zero-order chi connectivity index (χ0) is 16.4. The van der Waals surface area contributed by atoms with Crippen LogP contribution >= 0.6 is 11.6 Å². The van der Waals surface area contributed by atoms with E-state index < -0.39 is 6.36 Å². The van der Waals surface area contributed by atoms with Crippen LogP contribution in [0.25, 0.3) is 10.8 Å². The Morgan fingerprint density at radius 2 is 1.70 bits per heavy atom. The molecular formula is C16H9ClF3NO2. The van der Waals surface area contributed by atoms with Crippen LogP contribution in [-0.2, 0) is 0 Å². The van der Waals surface area contributed by atoms with Crippen LogP contribution in [0.3, 0.4) is 0 Å². The Morgan fingerprint density at radius 1 is 0.957 bits per heavy atom. The van der Waals surface area contributed by atoms with E-state index in [-0.39, 0.29) is 16.7 Å². The van der Waals surface area contributed by atoms with Crippen LogP contribution in [0.5, 0.6) is 17.2 Å². The molecule has 0 saturated carbocycles. The van der Waals surface area contributed by atoms with Crippen molar-refractivity contribution in [3.8, 4) is 17.2 Å². The molecule has 0 N–H and O–H groups in total. The number of halogens is 4. The van der Waals surface area contributed by atoms with Crippen molar-refractivity contribution in [2.75, 3.05) is 0 Å². The summed E-state index contributed by atoms with van der Waals surface area (Å²) in [5.74, 6) is 0.225. The van der Waals surface area contributed by atoms with E-state index in [1.54, 1.807) is 24.4 Å². The Bertz CT molecular complexity index is 847. The molecule has 0 bridgehead atoms. The van der Waals surface area contributed by atoms with Crippen LogP contribution in [0.4, 0.5) is 13.2 Å². The van der Waals surface area contributed by atoms with Gasteiger partial charge in [-0.15, -0.1) is 13.2 Å². The minimum atomic E-state index is -4.76. The van der Waals surface area contributed by atoms with Crippen LogP contribution in [-0.4, -0.2) is 11.3 Å². The van der Waals surface area contributed by atoms with Crippen molar-refractivity contribution >= 4 is 22.4 Å². The third kappa shape index (κ3) is 3.65. The lowest BCUT2D eigenvalue weighted by atomic mass is 10.1. The quantitative estimate of drug-likeness (QED) is 0.584. The van der Waals surface area contributed by atoms with Crippen LogP contribution in [0.2, 0.25) is 5.15 Å². The molecule has 1 aromatic heterocycles. The van der Waals surface area contributed by atoms with Crippen LogP contribution in [0, 0.1) is 0 Å². The molecule has 0 aliphatic rings. The molecule has 0 unspecified atom stereocenters. The van der Waals surface area contributed by atoms with Crippen molar-refractivity contribution in [2.45, 2.75) is 6.36 Å². The van der Waals surface area contributed by atoms with Gasteiger partial charge in [-0.2, -0.15) is 0 Å². The van der Waals surface area contributed by atoms with Gasteiger partial charge in [0.05, 0.1) is 5.39 Å². The maximum absolute atomic E-state index is 12.3. The number of nitrogens with zero attached hydrogens (tertiary/aromatic N) is 1. The summed E-state index contributed by atoms with van der Waals surface area (Å²) < 4.78 is 46.3. The SMILES string of the molecule is FC(F)(F)Oc1cccc(Oc2cccc3ccnc(Cl)c23)c1. The topological polar surface area (TPSA) is 31.4 Å². The highest BCUT2D eigenvalue weighted by atomic mass is 35.5. The summed E-state index contributed by atoms with van der Waals surface area (Å²) in [5.41, 5.74) is 0. The number of benzene rings is 2. The van der Waals surface area contributed by atoms with E-state index in [1.807, 2.05) is 6.07 Å². The second kappa shape index (κ2) is 5.96. The van der Waals surface area contributed by atoms with Gasteiger partial charge in [0.1, 0.15) is 22.4 Å². The van der Waals surface area contributed by atoms with E-state index in [2.05, 4.69) is 9.72 Å². The molecule has 0 atom stereocenters. The van der Waals surface area contributed by atoms with Crippen molar-refractivity contribution in [1.82, 2.24) is 4.98 Å². The number of pyridine rings is 1. The molecule has 118 valence electrons. The van der Waals surface area contributed by atoms with Gasteiger partial charge in [0, 0.05) is 12.3 Å². The minimum absolute atomic E-state index is 0.194. The molecule has 0 aliphatic heterocycles. The fourth-order valence-electron chi connectivity index (χ4n) is 2.10. The van der Waals surface area contributed by atoms with Crippen molar-refractivity contribution in [3.05, 3.63) is 59.9 Å². The summed E-state index contributed by atoms with van der Waals surface area (Å²) in [7, 11) is 0. The van der Waals surface area contributed by atoms with Crippen molar-refractivity contribution in [3.63, 3.8) is 0 Å². The molecule has 7 heteroatoms. The number of fused-ring (bicyclic) bond motifs is 1. The summed E-state index contributed by atoms with van der Waals surface area (Å²) in [5, 5.41) is 1.64. The lowest BCUT2D eigenvalue weighted by Crippen LogP contribution is -2.17. The van der Waals surface area contributed by atoms with E-state index >= 15 is 0 Å². The first-order valence-electron chi connectivity index (χ1n) is 6.49. The number of hydrogen-bond acceptors (Lipinski definition) is 3. The smallest absolute Gasteiger partial charge is 0.456 e. The highest BCUT2D eigenvalue weighted by Gasteiger charge is 2.31. The Morgan fingerprint density at radius 3 is 2.48 bits per heavy atom. The van der Waals surface area contributed by atoms with Crippen LogP contribution < -0.4 is 9.47 Å². The zero-order valence-electron chi connectivity index (χ0n) is 11.5. The number of ether oxygens (including phenoxy) is 2. The summed E-state index contributed by atoms with van der Waals surface area (Å²) >= 11 is 6.08. The lowest BCUT2D eigenvalue weighted by molar-refractivity contribution is -0.274. The fourth-order valence-corrected chi connectivity index (χ4v) is 2.36. The van der Waals surface area contributed by atoms with Gasteiger partial charge in [-0.25, -0.2) is 4.98 Å². The third-order valence-electron chi connectivity index (χ3n) is 2.97. The van der Waals surface area contributed by atoms with Gasteiger partial charge in [-0.1, -0.05) is 29.8 Å². The van der Waals surface area contributed by atoms with Crippen LogP contribution in [0.1, 0.15) is 0 Å². The molecule has 23 heavy (non-hydrogen) atoms. The lowest BCUT2D eigenvalue weighted by Gasteiger charge is -2.12. The largest absolute Gasteiger partial charge is 0.573 e. The monoisotopic (exact) mass is 339 g/mol. The second-order valence-corrected chi connectivity index (χ2v) is 4.94. The van der Waals surface area contributed by atoms with Gasteiger partial charge >= 0.3 is 6.36 Å². The number of rotatable bonds is 3. The maximum Gasteiger partial charge on any atom is 0.573 e. The predicted octanol–water partition coefficient (Wildman–Crippen LogP) is 5.58. The van der Waals surface area contributed by atoms with Crippen molar-refractivity contribution in [2.24, 2.45) is 0 Å². The first kappa shape index (κ1) is 15.4. The summed E-state index contributed by atoms with van der Waals surface area (Å²) in [6, 6.07) is 12.3. The summed E-state index contributed by atoms with van der Waals surface area (Å²) in [6.45, 7) is 0. The first-order valence-corrected chi connectivity index (χ1v) is 6.87. The molecule has 1 heterocycles. The molecule has 2 aromatic carbocycles. The first-order chi connectivity index (χ1) is 10.9. The standard InChI is InChI=1S/C16H9ClF3NO2/c17-15-14-10(7-8-21-15)3-1-6-13(14)22-11-4-2-5-12(9-11)23-16(18,19)20/h1-9H. The number of alkyl halides is 3. The van der Waals surface area contributed by atoms with Gasteiger partial charge in [-0.3, -0.25) is 0 Å². The molecule has 3 nitrogen and oxygen atoms in total. The van der Waals surface area contributed by atoms with Crippen molar-refractivity contribution in [1.29, 1.82) is 0 Å². The molecular weight excluding hydrogens is 331 g/mol. The Kier molecular flexibility index (Phi) is 4.00. The molecule has 0 amide bonds. The third-order valence-corrected chi connectivity index (χ3v) is 3.26. The molecule has 0 fully saturated rings. The Labute approximate surface area is 134 Å². The predicted molar refractivity (Wildman–Crippen MR) is 80.0 cm³/mol. The number of hydrogen-bond donors (Lipinski definition) is 0. The van der Waals surface area contributed by atoms with Gasteiger partial charge < -0.3 is 9.47 Å². The highest BCUT2D eigenvalue weighted by Crippen LogP contribution is 2.35. The average molecular weight is 340 g/mol. The normalized spacial score (nSPS) is 11.5. The van der Waals surface area contributed by atoms with E-state index in [0.717, 1.165) is 11.5 Å². The van der Waals surface area contributed by atoms with E-state index in [9.17, 15) is 13.2 Å². The zero-order valence-corrected chi connectivity index (χ0v) is 12.2. The molecule has 0 radical (unpaired) electrons. The maximum atomic E-state index is 12.3. The van der Waals surface area contributed by atoms with E-state index in [0.29, 0.717) is 11.1 Å². The molecule has 0 aliphatic carbocycles. The molecule has 3 rings (SSSR count). The van der Waals surface area contributed by atoms with Gasteiger partial charge in [0.2, 0.25) is 0 Å². The van der Waals surface area contributed by atoms with Crippen LogP contribution in [0.15, 0.2) is 54.7 Å². The Hall–Kier alpha value is -2.47. The molecule has 0 spiro atoms. The van der Waals surface area contributed by atoms with E-state index in [4.69, 9.17) is 16.3 Å².